The van der Waals surface area contributed by atoms with E-state index in [1.807, 2.05) is 68.4 Å². The zero-order chi connectivity index (χ0) is 21.1. The van der Waals surface area contributed by atoms with Gasteiger partial charge in [-0.05, 0) is 43.7 Å². The van der Waals surface area contributed by atoms with Crippen LogP contribution in [0.2, 0.25) is 0 Å². The molecule has 4 aromatic rings. The molecule has 7 nitrogen and oxygen atoms in total. The lowest BCUT2D eigenvalue weighted by molar-refractivity contribution is -0.120. The second-order valence-corrected chi connectivity index (χ2v) is 7.09. The molecule has 0 aliphatic heterocycles. The van der Waals surface area contributed by atoms with Crippen LogP contribution in [0.15, 0.2) is 65.5 Å². The molecule has 0 aliphatic rings. The number of nitrogens with one attached hydrogen (secondary N) is 2. The molecule has 0 fully saturated rings. The Morgan fingerprint density at radius 1 is 1.07 bits per heavy atom. The zero-order valence-corrected chi connectivity index (χ0v) is 16.8. The van der Waals surface area contributed by atoms with Crippen molar-refractivity contribution in [1.82, 2.24) is 19.9 Å². The number of H-pyrrole nitrogens is 1. The van der Waals surface area contributed by atoms with E-state index in [2.05, 4.69) is 15.4 Å². The number of hydrogen-bond acceptors (Lipinski definition) is 4. The quantitative estimate of drug-likeness (QED) is 0.518. The Hall–Kier alpha value is -3.87. The number of ether oxygens (including phenoxy) is 1. The lowest BCUT2D eigenvalue weighted by atomic mass is 10.1. The standard InChI is InChI=1S/C23H22N4O3/c1-15-20(16(2)27-21(25-15)13-23(29)26-27)12-22(28)24-14-17-7-6-10-19(11-17)30-18-8-4-3-5-9-18/h3-11,13H,12,14H2,1-2H3,(H,24,28)(H,26,29). The molecule has 30 heavy (non-hydrogen) atoms. The van der Waals surface area contributed by atoms with Crippen molar-refractivity contribution >= 4 is 11.6 Å². The maximum atomic E-state index is 12.6. The van der Waals surface area contributed by atoms with Gasteiger partial charge in [0.15, 0.2) is 5.65 Å². The van der Waals surface area contributed by atoms with Crippen molar-refractivity contribution in [2.24, 2.45) is 0 Å². The van der Waals surface area contributed by atoms with Gasteiger partial charge in [-0.2, -0.15) is 0 Å². The fraction of sp³-hybridized carbons (Fsp3) is 0.174. The monoisotopic (exact) mass is 402 g/mol. The van der Waals surface area contributed by atoms with Gasteiger partial charge in [0, 0.05) is 29.6 Å². The number of rotatable bonds is 6. The van der Waals surface area contributed by atoms with Crippen molar-refractivity contribution in [3.05, 3.63) is 93.5 Å². The molecule has 0 radical (unpaired) electrons. The van der Waals surface area contributed by atoms with Crippen molar-refractivity contribution in [2.45, 2.75) is 26.8 Å². The van der Waals surface area contributed by atoms with Crippen LogP contribution in [0.3, 0.4) is 0 Å². The van der Waals surface area contributed by atoms with Crippen LogP contribution in [0.25, 0.3) is 5.65 Å². The second kappa shape index (κ2) is 8.24. The van der Waals surface area contributed by atoms with E-state index in [-0.39, 0.29) is 17.9 Å². The molecule has 0 bridgehead atoms. The third-order valence-corrected chi connectivity index (χ3v) is 4.91. The van der Waals surface area contributed by atoms with Gasteiger partial charge < -0.3 is 10.1 Å². The van der Waals surface area contributed by atoms with Gasteiger partial charge in [-0.25, -0.2) is 9.50 Å². The van der Waals surface area contributed by atoms with Gasteiger partial charge in [0.25, 0.3) is 5.56 Å². The first-order chi connectivity index (χ1) is 14.5. The molecule has 2 heterocycles. The molecule has 152 valence electrons. The highest BCUT2D eigenvalue weighted by Gasteiger charge is 2.14. The minimum Gasteiger partial charge on any atom is -0.457 e. The number of carbonyl (C=O) groups is 1. The topological polar surface area (TPSA) is 88.5 Å². The van der Waals surface area contributed by atoms with Gasteiger partial charge in [0.2, 0.25) is 5.91 Å². The molecule has 2 aromatic carbocycles. The van der Waals surface area contributed by atoms with Crippen LogP contribution in [0.5, 0.6) is 11.5 Å². The number of hydrogen-bond donors (Lipinski definition) is 2. The number of amides is 1. The summed E-state index contributed by atoms with van der Waals surface area (Å²) in [7, 11) is 0. The summed E-state index contributed by atoms with van der Waals surface area (Å²) in [6.07, 6.45) is 0.182. The third-order valence-electron chi connectivity index (χ3n) is 4.91. The van der Waals surface area contributed by atoms with E-state index < -0.39 is 0 Å². The first kappa shape index (κ1) is 19.4. The van der Waals surface area contributed by atoms with E-state index in [1.54, 1.807) is 4.52 Å². The predicted octanol–water partition coefficient (Wildman–Crippen LogP) is 3.29. The number of benzene rings is 2. The maximum absolute atomic E-state index is 12.6. The van der Waals surface area contributed by atoms with Gasteiger partial charge in [-0.3, -0.25) is 14.7 Å². The van der Waals surface area contributed by atoms with Crippen molar-refractivity contribution in [3.8, 4) is 11.5 Å². The van der Waals surface area contributed by atoms with E-state index in [1.165, 1.54) is 6.07 Å². The number of aromatic amines is 1. The Balaban J connectivity index is 1.42. The van der Waals surface area contributed by atoms with Crippen LogP contribution in [0.1, 0.15) is 22.5 Å². The van der Waals surface area contributed by atoms with Crippen molar-refractivity contribution in [3.63, 3.8) is 0 Å². The van der Waals surface area contributed by atoms with Gasteiger partial charge in [-0.1, -0.05) is 30.3 Å². The molecule has 4 rings (SSSR count). The van der Waals surface area contributed by atoms with E-state index in [9.17, 15) is 9.59 Å². The van der Waals surface area contributed by atoms with Crippen molar-refractivity contribution in [1.29, 1.82) is 0 Å². The fourth-order valence-corrected chi connectivity index (χ4v) is 3.38. The summed E-state index contributed by atoms with van der Waals surface area (Å²) in [4.78, 5) is 28.6. The third kappa shape index (κ3) is 4.25. The summed E-state index contributed by atoms with van der Waals surface area (Å²) < 4.78 is 7.46. The number of fused-ring (bicyclic) bond motifs is 1. The zero-order valence-electron chi connectivity index (χ0n) is 16.8. The van der Waals surface area contributed by atoms with E-state index in [4.69, 9.17) is 4.74 Å². The van der Waals surface area contributed by atoms with Crippen LogP contribution in [-0.2, 0) is 17.8 Å². The molecule has 2 aromatic heterocycles. The van der Waals surface area contributed by atoms with Crippen molar-refractivity contribution < 1.29 is 9.53 Å². The lowest BCUT2D eigenvalue weighted by Crippen LogP contribution is -2.26. The summed E-state index contributed by atoms with van der Waals surface area (Å²) >= 11 is 0. The minimum atomic E-state index is -0.218. The molecule has 0 atom stereocenters. The molecule has 1 amide bonds. The highest BCUT2D eigenvalue weighted by Crippen LogP contribution is 2.22. The van der Waals surface area contributed by atoms with Gasteiger partial charge in [0.1, 0.15) is 11.5 Å². The molecule has 0 unspecified atom stereocenters. The van der Waals surface area contributed by atoms with E-state index in [0.717, 1.165) is 28.3 Å². The summed E-state index contributed by atoms with van der Waals surface area (Å²) in [5.41, 5.74) is 3.60. The average molecular weight is 402 g/mol. The summed E-state index contributed by atoms with van der Waals surface area (Å²) in [5.74, 6) is 1.35. The smallest absolute Gasteiger partial charge is 0.266 e. The Morgan fingerprint density at radius 3 is 2.63 bits per heavy atom. The number of para-hydroxylation sites is 1. The highest BCUT2D eigenvalue weighted by molar-refractivity contribution is 5.79. The Labute approximate surface area is 173 Å². The molecule has 2 N–H and O–H groups in total. The molecular weight excluding hydrogens is 380 g/mol. The molecule has 0 aliphatic carbocycles. The molecule has 0 saturated carbocycles. The number of nitrogens with zero attached hydrogens (tertiary/aromatic N) is 2. The first-order valence-corrected chi connectivity index (χ1v) is 9.66. The van der Waals surface area contributed by atoms with Gasteiger partial charge in [0.05, 0.1) is 6.42 Å². The Morgan fingerprint density at radius 2 is 1.83 bits per heavy atom. The maximum Gasteiger partial charge on any atom is 0.266 e. The van der Waals surface area contributed by atoms with Gasteiger partial charge in [-0.15, -0.1) is 0 Å². The Bertz CT molecular complexity index is 1260. The SMILES string of the molecule is Cc1nc2cc(=O)[nH]n2c(C)c1CC(=O)NCc1cccc(Oc2ccccc2)c1. The number of carbonyl (C=O) groups excluding carboxylic acids is 1. The van der Waals surface area contributed by atoms with Crippen molar-refractivity contribution in [2.75, 3.05) is 0 Å². The predicted molar refractivity (Wildman–Crippen MR) is 114 cm³/mol. The second-order valence-electron chi connectivity index (χ2n) is 7.09. The van der Waals surface area contributed by atoms with Gasteiger partial charge >= 0.3 is 0 Å². The first-order valence-electron chi connectivity index (χ1n) is 9.66. The molecular formula is C23H22N4O3. The highest BCUT2D eigenvalue weighted by atomic mass is 16.5. The number of aryl methyl sites for hydroxylation is 2. The molecule has 7 heteroatoms. The lowest BCUT2D eigenvalue weighted by Gasteiger charge is -2.12. The molecule has 0 saturated heterocycles. The minimum absolute atomic E-state index is 0.119. The summed E-state index contributed by atoms with van der Waals surface area (Å²) in [5, 5.41) is 5.65. The Kier molecular flexibility index (Phi) is 5.34. The van der Waals surface area contributed by atoms with E-state index >= 15 is 0 Å². The van der Waals surface area contributed by atoms with Crippen LogP contribution in [0, 0.1) is 13.8 Å². The van der Waals surface area contributed by atoms with Crippen LogP contribution in [-0.4, -0.2) is 20.5 Å². The summed E-state index contributed by atoms with van der Waals surface area (Å²) in [6.45, 7) is 4.10. The fourth-order valence-electron chi connectivity index (χ4n) is 3.38. The van der Waals surface area contributed by atoms with Crippen LogP contribution >= 0.6 is 0 Å². The largest absolute Gasteiger partial charge is 0.457 e. The van der Waals surface area contributed by atoms with Crippen LogP contribution < -0.4 is 15.6 Å². The molecule has 0 spiro atoms. The normalized spacial score (nSPS) is 10.9. The average Bonchev–Trinajstić information content (AvgIpc) is 3.11. The van der Waals surface area contributed by atoms with E-state index in [0.29, 0.717) is 17.9 Å². The summed E-state index contributed by atoms with van der Waals surface area (Å²) in [6, 6.07) is 18.6. The van der Waals surface area contributed by atoms with Crippen LogP contribution in [0.4, 0.5) is 0 Å². The number of aromatic nitrogens is 3.